The average molecular weight is 424 g/mol. The third kappa shape index (κ3) is 5.26. The van der Waals surface area contributed by atoms with Crippen LogP contribution in [0.2, 0.25) is 0 Å². The van der Waals surface area contributed by atoms with Crippen LogP contribution in [0.1, 0.15) is 33.3 Å². The molecule has 164 valence electrons. The van der Waals surface area contributed by atoms with E-state index in [-0.39, 0.29) is 25.4 Å². The van der Waals surface area contributed by atoms with Crippen LogP contribution in [-0.2, 0) is 19.1 Å². The molecule has 0 spiro atoms. The molecule has 0 radical (unpaired) electrons. The van der Waals surface area contributed by atoms with Crippen LogP contribution >= 0.6 is 0 Å². The lowest BCUT2D eigenvalue weighted by Gasteiger charge is -2.19. The van der Waals surface area contributed by atoms with Crippen molar-refractivity contribution in [1.29, 1.82) is 0 Å². The van der Waals surface area contributed by atoms with Gasteiger partial charge in [0.25, 0.3) is 0 Å². The van der Waals surface area contributed by atoms with Crippen molar-refractivity contribution in [2.75, 3.05) is 13.2 Å². The molecule has 6 heteroatoms. The average Bonchev–Trinajstić information content (AvgIpc) is 2.69. The van der Waals surface area contributed by atoms with Crippen LogP contribution < -0.4 is 9.47 Å². The summed E-state index contributed by atoms with van der Waals surface area (Å²) in [5, 5.41) is 3.19. The van der Waals surface area contributed by atoms with Crippen LogP contribution in [0.4, 0.5) is 0 Å². The first kappa shape index (κ1) is 22.4. The highest BCUT2D eigenvalue weighted by Crippen LogP contribution is 2.44. The summed E-state index contributed by atoms with van der Waals surface area (Å²) < 4.78 is 22.4. The molecule has 3 aromatic carbocycles. The van der Waals surface area contributed by atoms with Crippen molar-refractivity contribution >= 4 is 33.5 Å². The second-order valence-electron chi connectivity index (χ2n) is 7.86. The van der Waals surface area contributed by atoms with Crippen molar-refractivity contribution in [3.63, 3.8) is 0 Å². The first-order valence-corrected chi connectivity index (χ1v) is 10.4. The molecule has 0 N–H and O–H groups in total. The van der Waals surface area contributed by atoms with Crippen LogP contribution in [-0.4, -0.2) is 37.4 Å². The molecule has 0 unspecified atom stereocenters. The highest BCUT2D eigenvalue weighted by Gasteiger charge is 2.20. The molecule has 6 nitrogen and oxygen atoms in total. The largest absolute Gasteiger partial charge is 0.481 e. The zero-order valence-electron chi connectivity index (χ0n) is 18.6. The van der Waals surface area contributed by atoms with E-state index in [1.54, 1.807) is 27.7 Å². The summed E-state index contributed by atoms with van der Waals surface area (Å²) in [5.74, 6) is 0.294. The maximum absolute atomic E-state index is 12.1. The minimum Gasteiger partial charge on any atom is -0.481 e. The molecule has 3 rings (SSSR count). The van der Waals surface area contributed by atoms with Crippen molar-refractivity contribution in [3.05, 3.63) is 48.0 Å². The summed E-state index contributed by atoms with van der Waals surface area (Å²) >= 11 is 0. The van der Waals surface area contributed by atoms with Crippen molar-refractivity contribution in [2.24, 2.45) is 0 Å². The van der Waals surface area contributed by atoms with E-state index in [1.807, 2.05) is 49.4 Å². The van der Waals surface area contributed by atoms with Crippen LogP contribution in [0.15, 0.2) is 42.5 Å². The highest BCUT2D eigenvalue weighted by molar-refractivity contribution is 6.12. The number of esters is 2. The SMILES string of the molecule is Cc1cccc2c(OCC(=O)OC(C)C)c3ccccc3c(OCC(=O)OC(C)C)c12. The molecule has 0 atom stereocenters. The second kappa shape index (κ2) is 9.69. The second-order valence-corrected chi connectivity index (χ2v) is 7.86. The van der Waals surface area contributed by atoms with E-state index in [0.717, 1.165) is 27.1 Å². The Balaban J connectivity index is 2.08. The summed E-state index contributed by atoms with van der Waals surface area (Å²) in [6.45, 7) is 8.74. The van der Waals surface area contributed by atoms with E-state index in [1.165, 1.54) is 0 Å². The van der Waals surface area contributed by atoms with Gasteiger partial charge in [-0.05, 0) is 40.2 Å². The van der Waals surface area contributed by atoms with Gasteiger partial charge in [-0.3, -0.25) is 0 Å². The molecule has 0 heterocycles. The first-order chi connectivity index (χ1) is 14.8. The smallest absolute Gasteiger partial charge is 0.344 e. The summed E-state index contributed by atoms with van der Waals surface area (Å²) in [4.78, 5) is 24.2. The summed E-state index contributed by atoms with van der Waals surface area (Å²) in [6, 6.07) is 13.4. The van der Waals surface area contributed by atoms with Crippen molar-refractivity contribution in [3.8, 4) is 11.5 Å². The number of hydrogen-bond donors (Lipinski definition) is 0. The standard InChI is InChI=1S/C25H28O6/c1-15(2)30-21(26)13-28-24-18-10-6-7-11-19(18)25(29-14-22(27)31-16(3)4)23-17(5)9-8-12-20(23)24/h6-12,15-16H,13-14H2,1-5H3. The summed E-state index contributed by atoms with van der Waals surface area (Å²) in [6.07, 6.45) is -0.430. The van der Waals surface area contributed by atoms with Gasteiger partial charge in [0.15, 0.2) is 13.2 Å². The molecule has 0 bridgehead atoms. The van der Waals surface area contributed by atoms with E-state index in [9.17, 15) is 9.59 Å². The predicted octanol–water partition coefficient (Wildman–Crippen LogP) is 4.96. The Kier molecular flexibility index (Phi) is 7.00. The molecular formula is C25H28O6. The van der Waals surface area contributed by atoms with Crippen LogP contribution in [0.3, 0.4) is 0 Å². The molecular weight excluding hydrogens is 396 g/mol. The van der Waals surface area contributed by atoms with Crippen molar-refractivity contribution in [1.82, 2.24) is 0 Å². The quantitative estimate of drug-likeness (QED) is 0.376. The molecule has 0 fully saturated rings. The van der Waals surface area contributed by atoms with Gasteiger partial charge < -0.3 is 18.9 Å². The molecule has 0 aliphatic heterocycles. The number of benzene rings is 3. The fourth-order valence-electron chi connectivity index (χ4n) is 3.48. The molecule has 0 aliphatic carbocycles. The number of aryl methyl sites for hydroxylation is 1. The Morgan fingerprint density at radius 2 is 1.19 bits per heavy atom. The Morgan fingerprint density at radius 3 is 1.74 bits per heavy atom. The Morgan fingerprint density at radius 1 is 0.710 bits per heavy atom. The first-order valence-electron chi connectivity index (χ1n) is 10.4. The molecule has 0 amide bonds. The lowest BCUT2D eigenvalue weighted by Crippen LogP contribution is -2.19. The van der Waals surface area contributed by atoms with E-state index < -0.39 is 11.9 Å². The topological polar surface area (TPSA) is 71.1 Å². The third-order valence-corrected chi connectivity index (χ3v) is 4.56. The molecule has 0 aliphatic rings. The van der Waals surface area contributed by atoms with Gasteiger partial charge in [-0.2, -0.15) is 0 Å². The summed E-state index contributed by atoms with van der Waals surface area (Å²) in [7, 11) is 0. The zero-order valence-corrected chi connectivity index (χ0v) is 18.6. The minimum absolute atomic E-state index is 0.202. The van der Waals surface area contributed by atoms with Gasteiger partial charge in [-0.25, -0.2) is 9.59 Å². The third-order valence-electron chi connectivity index (χ3n) is 4.56. The van der Waals surface area contributed by atoms with Gasteiger partial charge >= 0.3 is 11.9 Å². The van der Waals surface area contributed by atoms with Gasteiger partial charge in [-0.15, -0.1) is 0 Å². The minimum atomic E-state index is -0.434. The van der Waals surface area contributed by atoms with Crippen molar-refractivity contribution < 1.29 is 28.5 Å². The lowest BCUT2D eigenvalue weighted by atomic mass is 9.97. The van der Waals surface area contributed by atoms with Crippen LogP contribution in [0, 0.1) is 6.92 Å². The molecule has 0 saturated heterocycles. The molecule has 31 heavy (non-hydrogen) atoms. The number of ether oxygens (including phenoxy) is 4. The fraction of sp³-hybridized carbons (Fsp3) is 0.360. The number of hydrogen-bond acceptors (Lipinski definition) is 6. The zero-order chi connectivity index (χ0) is 22.5. The van der Waals surface area contributed by atoms with Gasteiger partial charge in [-0.1, -0.05) is 42.5 Å². The number of carbonyl (C=O) groups excluding carboxylic acids is 2. The van der Waals surface area contributed by atoms with Crippen LogP contribution in [0.5, 0.6) is 11.5 Å². The fourth-order valence-corrected chi connectivity index (χ4v) is 3.48. The number of rotatable bonds is 8. The van der Waals surface area contributed by atoms with Gasteiger partial charge in [0.05, 0.1) is 12.2 Å². The van der Waals surface area contributed by atoms with Crippen LogP contribution in [0.25, 0.3) is 21.5 Å². The van der Waals surface area contributed by atoms with Gasteiger partial charge in [0.2, 0.25) is 0 Å². The predicted molar refractivity (Wildman–Crippen MR) is 120 cm³/mol. The monoisotopic (exact) mass is 424 g/mol. The van der Waals surface area contributed by atoms with E-state index in [0.29, 0.717) is 11.5 Å². The van der Waals surface area contributed by atoms with E-state index in [2.05, 4.69) is 0 Å². The maximum atomic E-state index is 12.1. The van der Waals surface area contributed by atoms with Gasteiger partial charge in [0.1, 0.15) is 11.5 Å². The molecule has 0 saturated carbocycles. The lowest BCUT2D eigenvalue weighted by molar-refractivity contribution is -0.150. The number of carbonyl (C=O) groups is 2. The highest BCUT2D eigenvalue weighted by atomic mass is 16.6. The number of fused-ring (bicyclic) bond motifs is 2. The summed E-state index contributed by atoms with van der Waals surface area (Å²) in [5.41, 5.74) is 0.963. The molecule has 3 aromatic rings. The van der Waals surface area contributed by atoms with Crippen molar-refractivity contribution in [2.45, 2.75) is 46.8 Å². The normalized spacial score (nSPS) is 11.2. The Bertz CT molecular complexity index is 1100. The Labute approximate surface area is 182 Å². The Hall–Kier alpha value is -3.28. The van der Waals surface area contributed by atoms with Gasteiger partial charge in [0, 0.05) is 21.5 Å². The maximum Gasteiger partial charge on any atom is 0.344 e. The van der Waals surface area contributed by atoms with E-state index >= 15 is 0 Å². The molecule has 0 aromatic heterocycles. The van der Waals surface area contributed by atoms with E-state index in [4.69, 9.17) is 18.9 Å².